The number of nitrogens with zero attached hydrogens (tertiary/aromatic N) is 3. The van der Waals surface area contributed by atoms with Crippen LogP contribution in [0.5, 0.6) is 0 Å². The second-order valence-electron chi connectivity index (χ2n) is 6.13. The van der Waals surface area contributed by atoms with Gasteiger partial charge in [0.2, 0.25) is 0 Å². The molecule has 0 bridgehead atoms. The zero-order valence-corrected chi connectivity index (χ0v) is 15.6. The molecule has 1 N–H and O–H groups in total. The lowest BCUT2D eigenvalue weighted by atomic mass is 10.3. The Bertz CT molecular complexity index is 255. The number of nitrogens with one attached hydrogen (secondary N) is 1. The normalized spacial score (nSPS) is 21.0. The Morgan fingerprint density at radius 3 is 1.70 bits per heavy atom. The lowest BCUT2D eigenvalue weighted by Gasteiger charge is -2.32. The van der Waals surface area contributed by atoms with Crippen molar-refractivity contribution in [3.05, 3.63) is 0 Å². The van der Waals surface area contributed by atoms with Gasteiger partial charge in [0, 0.05) is 78.7 Å². The maximum Gasteiger partial charge on any atom is 0.0593 e. The van der Waals surface area contributed by atoms with E-state index in [1.54, 1.807) is 0 Å². The highest BCUT2D eigenvalue weighted by atomic mass is 16.5. The molecule has 6 nitrogen and oxygen atoms in total. The van der Waals surface area contributed by atoms with E-state index in [4.69, 9.17) is 9.47 Å². The van der Waals surface area contributed by atoms with Crippen molar-refractivity contribution in [1.29, 1.82) is 0 Å². The number of ether oxygens (including phenoxy) is 2. The van der Waals surface area contributed by atoms with Crippen molar-refractivity contribution in [2.75, 3.05) is 98.9 Å². The summed E-state index contributed by atoms with van der Waals surface area (Å²) in [6.45, 7) is 19.1. The molecule has 0 aliphatic carbocycles. The highest BCUT2D eigenvalue weighted by Gasteiger charge is 2.12. The van der Waals surface area contributed by atoms with Gasteiger partial charge in [0.05, 0.1) is 13.2 Å². The summed E-state index contributed by atoms with van der Waals surface area (Å²) in [6.07, 6.45) is 0. The van der Waals surface area contributed by atoms with Crippen LogP contribution in [0.2, 0.25) is 0 Å². The molecule has 0 aromatic carbocycles. The monoisotopic (exact) mass is 330 g/mol. The number of likely N-dealkylation sites (N-methyl/N-ethyl adjacent to an activating group) is 1. The molecule has 0 aromatic rings. The molecule has 6 heteroatoms. The first-order valence-electron chi connectivity index (χ1n) is 9.25. The van der Waals surface area contributed by atoms with Crippen LogP contribution in [-0.4, -0.2) is 114 Å². The molecule has 138 valence electrons. The summed E-state index contributed by atoms with van der Waals surface area (Å²) in [5.41, 5.74) is 0. The lowest BCUT2D eigenvalue weighted by molar-refractivity contribution is 0.0882. The van der Waals surface area contributed by atoms with Gasteiger partial charge in [-0.3, -0.25) is 9.80 Å². The van der Waals surface area contributed by atoms with E-state index in [1.807, 2.05) is 13.8 Å². The Kier molecular flexibility index (Phi) is 12.8. The van der Waals surface area contributed by atoms with E-state index < -0.39 is 0 Å². The SMILES string of the molecule is CCOCCN1CCN(C)CC1.CCOCCN1CCNCC1. The minimum atomic E-state index is 0.839. The van der Waals surface area contributed by atoms with Crippen LogP contribution in [0.3, 0.4) is 0 Å². The third kappa shape index (κ3) is 11.0. The standard InChI is InChI=1S/C9H20N2O.C8H18N2O/c1-3-12-9-8-11-6-4-10(2)5-7-11;1-2-11-8-7-10-5-3-9-4-6-10/h3-9H2,1-2H3;9H,2-8H2,1H3. The highest BCUT2D eigenvalue weighted by molar-refractivity contribution is 4.68. The molecule has 0 atom stereocenters. The van der Waals surface area contributed by atoms with Crippen LogP contribution in [0.25, 0.3) is 0 Å². The van der Waals surface area contributed by atoms with Gasteiger partial charge in [-0.15, -0.1) is 0 Å². The molecule has 0 radical (unpaired) electrons. The van der Waals surface area contributed by atoms with Gasteiger partial charge in [0.15, 0.2) is 0 Å². The summed E-state index contributed by atoms with van der Waals surface area (Å²) in [7, 11) is 2.18. The molecule has 0 amide bonds. The van der Waals surface area contributed by atoms with Gasteiger partial charge < -0.3 is 19.7 Å². The smallest absolute Gasteiger partial charge is 0.0593 e. The molecule has 2 aliphatic heterocycles. The van der Waals surface area contributed by atoms with Crippen LogP contribution in [-0.2, 0) is 9.47 Å². The average Bonchev–Trinajstić information content (AvgIpc) is 2.59. The minimum absolute atomic E-state index is 0.839. The third-order valence-electron chi connectivity index (χ3n) is 4.32. The van der Waals surface area contributed by atoms with E-state index in [0.717, 1.165) is 52.6 Å². The van der Waals surface area contributed by atoms with E-state index >= 15 is 0 Å². The van der Waals surface area contributed by atoms with E-state index in [9.17, 15) is 0 Å². The Labute approximate surface area is 143 Å². The predicted molar refractivity (Wildman–Crippen MR) is 96.2 cm³/mol. The van der Waals surface area contributed by atoms with Crippen molar-refractivity contribution < 1.29 is 9.47 Å². The van der Waals surface area contributed by atoms with Gasteiger partial charge in [-0.25, -0.2) is 0 Å². The van der Waals surface area contributed by atoms with Crippen molar-refractivity contribution in [2.45, 2.75) is 13.8 Å². The van der Waals surface area contributed by atoms with Crippen LogP contribution < -0.4 is 5.32 Å². The minimum Gasteiger partial charge on any atom is -0.380 e. The lowest BCUT2D eigenvalue weighted by Crippen LogP contribution is -2.45. The molecule has 2 saturated heterocycles. The molecule has 2 rings (SSSR count). The van der Waals surface area contributed by atoms with Gasteiger partial charge in [-0.1, -0.05) is 0 Å². The van der Waals surface area contributed by atoms with Crippen molar-refractivity contribution in [2.24, 2.45) is 0 Å². The Morgan fingerprint density at radius 1 is 0.739 bits per heavy atom. The Balaban J connectivity index is 0.000000231. The summed E-state index contributed by atoms with van der Waals surface area (Å²) < 4.78 is 10.6. The van der Waals surface area contributed by atoms with E-state index in [2.05, 4.69) is 27.1 Å². The fourth-order valence-corrected chi connectivity index (χ4v) is 2.68. The summed E-state index contributed by atoms with van der Waals surface area (Å²) in [5, 5.41) is 3.32. The summed E-state index contributed by atoms with van der Waals surface area (Å²) in [5.74, 6) is 0. The summed E-state index contributed by atoms with van der Waals surface area (Å²) in [6, 6.07) is 0. The van der Waals surface area contributed by atoms with Crippen molar-refractivity contribution in [1.82, 2.24) is 20.0 Å². The van der Waals surface area contributed by atoms with Crippen LogP contribution in [0.1, 0.15) is 13.8 Å². The fraction of sp³-hybridized carbons (Fsp3) is 1.00. The van der Waals surface area contributed by atoms with Gasteiger partial charge in [0.1, 0.15) is 0 Å². The van der Waals surface area contributed by atoms with Crippen molar-refractivity contribution in [3.63, 3.8) is 0 Å². The highest BCUT2D eigenvalue weighted by Crippen LogP contribution is 1.97. The molecular formula is C17H38N4O2. The second kappa shape index (κ2) is 14.1. The van der Waals surface area contributed by atoms with Gasteiger partial charge in [-0.05, 0) is 20.9 Å². The molecule has 2 fully saturated rings. The first-order chi connectivity index (χ1) is 11.3. The largest absolute Gasteiger partial charge is 0.380 e. The number of hydrogen-bond acceptors (Lipinski definition) is 6. The maximum atomic E-state index is 5.31. The van der Waals surface area contributed by atoms with Crippen molar-refractivity contribution >= 4 is 0 Å². The number of rotatable bonds is 8. The van der Waals surface area contributed by atoms with Gasteiger partial charge >= 0.3 is 0 Å². The van der Waals surface area contributed by atoms with E-state index in [0.29, 0.717) is 0 Å². The van der Waals surface area contributed by atoms with Crippen LogP contribution in [0.4, 0.5) is 0 Å². The predicted octanol–water partition coefficient (Wildman–Crippen LogP) is 0.198. The zero-order chi connectivity index (χ0) is 16.8. The third-order valence-corrected chi connectivity index (χ3v) is 4.32. The molecule has 2 aliphatic rings. The van der Waals surface area contributed by atoms with Gasteiger partial charge in [-0.2, -0.15) is 0 Å². The number of piperazine rings is 2. The first-order valence-corrected chi connectivity index (χ1v) is 9.25. The van der Waals surface area contributed by atoms with E-state index in [1.165, 1.54) is 39.3 Å². The molecule has 0 saturated carbocycles. The Hall–Kier alpha value is -0.240. The zero-order valence-electron chi connectivity index (χ0n) is 15.6. The first kappa shape index (κ1) is 20.8. The van der Waals surface area contributed by atoms with Gasteiger partial charge in [0.25, 0.3) is 0 Å². The Morgan fingerprint density at radius 2 is 1.22 bits per heavy atom. The number of hydrogen-bond donors (Lipinski definition) is 1. The molecule has 0 aromatic heterocycles. The molecule has 0 unspecified atom stereocenters. The summed E-state index contributed by atoms with van der Waals surface area (Å²) >= 11 is 0. The molecule has 23 heavy (non-hydrogen) atoms. The van der Waals surface area contributed by atoms with Crippen LogP contribution in [0.15, 0.2) is 0 Å². The molecule has 0 spiro atoms. The maximum absolute atomic E-state index is 5.31. The van der Waals surface area contributed by atoms with Crippen molar-refractivity contribution in [3.8, 4) is 0 Å². The topological polar surface area (TPSA) is 40.2 Å². The van der Waals surface area contributed by atoms with E-state index in [-0.39, 0.29) is 0 Å². The van der Waals surface area contributed by atoms with Crippen LogP contribution >= 0.6 is 0 Å². The average molecular weight is 331 g/mol. The molecular weight excluding hydrogens is 292 g/mol. The quantitative estimate of drug-likeness (QED) is 0.641. The summed E-state index contributed by atoms with van der Waals surface area (Å²) in [4.78, 5) is 7.28. The molecule has 2 heterocycles. The van der Waals surface area contributed by atoms with Crippen LogP contribution in [0, 0.1) is 0 Å². The second-order valence-corrected chi connectivity index (χ2v) is 6.13. The fourth-order valence-electron chi connectivity index (χ4n) is 2.68.